The Morgan fingerprint density at radius 2 is 1.31 bits per heavy atom. The molecule has 1 amide bonds. The summed E-state index contributed by atoms with van der Waals surface area (Å²) in [6.07, 6.45) is 0. The van der Waals surface area contributed by atoms with Crippen LogP contribution in [0.4, 0.5) is 5.69 Å². The molecule has 0 radical (unpaired) electrons. The van der Waals surface area contributed by atoms with E-state index in [2.05, 4.69) is 36.3 Å². The second kappa shape index (κ2) is 17.3. The Kier molecular flexibility index (Phi) is 11.7. The number of rotatable bonds is 18. The zero-order chi connectivity index (χ0) is 36.1. The first-order valence-electron chi connectivity index (χ1n) is 16.2. The normalized spacial score (nSPS) is 10.8. The number of carbonyl (C=O) groups excluding carboxylic acids is 2. The van der Waals surface area contributed by atoms with E-state index in [1.807, 2.05) is 30.3 Å². The van der Waals surface area contributed by atoms with Crippen molar-refractivity contribution in [2.45, 2.75) is 13.1 Å². The monoisotopic (exact) mass is 705 g/mol. The van der Waals surface area contributed by atoms with E-state index in [1.54, 1.807) is 66.7 Å². The first-order chi connectivity index (χ1) is 25.5. The van der Waals surface area contributed by atoms with Gasteiger partial charge in [-0.2, -0.15) is 4.80 Å². The number of nitrogens with zero attached hydrogens (tertiary/aromatic N) is 8. The quantitative estimate of drug-likeness (QED) is 0.100. The van der Waals surface area contributed by atoms with Crippen LogP contribution in [0.2, 0.25) is 0 Å². The maximum Gasteiger partial charge on any atom is 0.248 e. The maximum absolute atomic E-state index is 12.9. The van der Waals surface area contributed by atoms with Gasteiger partial charge < -0.3 is 29.0 Å². The largest absolute Gasteiger partial charge is 0.496 e. The van der Waals surface area contributed by atoms with Crippen LogP contribution >= 0.6 is 0 Å². The van der Waals surface area contributed by atoms with Crippen molar-refractivity contribution in [1.29, 1.82) is 0 Å². The molecule has 0 bridgehead atoms. The van der Waals surface area contributed by atoms with E-state index < -0.39 is 0 Å². The van der Waals surface area contributed by atoms with Gasteiger partial charge in [0, 0.05) is 11.1 Å². The summed E-state index contributed by atoms with van der Waals surface area (Å²) in [6.45, 7) is 1.28. The van der Waals surface area contributed by atoms with Gasteiger partial charge in [-0.3, -0.25) is 9.59 Å². The van der Waals surface area contributed by atoms with Crippen LogP contribution in [0.1, 0.15) is 10.4 Å². The van der Waals surface area contributed by atoms with Crippen molar-refractivity contribution >= 4 is 17.4 Å². The summed E-state index contributed by atoms with van der Waals surface area (Å²) in [7, 11) is 3.06. The van der Waals surface area contributed by atoms with Gasteiger partial charge >= 0.3 is 0 Å². The number of tetrazole rings is 2. The Balaban J connectivity index is 0.883. The molecular weight excluding hydrogens is 670 g/mol. The fraction of sp³-hybridized carbons (Fsp3) is 0.222. The number of aromatic nitrogens is 8. The highest BCUT2D eigenvalue weighted by Crippen LogP contribution is 2.24. The third kappa shape index (κ3) is 9.10. The van der Waals surface area contributed by atoms with Crippen molar-refractivity contribution in [3.8, 4) is 45.8 Å². The molecule has 0 atom stereocenters. The molecule has 0 saturated heterocycles. The van der Waals surface area contributed by atoms with Gasteiger partial charge in [0.2, 0.25) is 11.7 Å². The molecule has 0 saturated carbocycles. The molecule has 0 unspecified atom stereocenters. The highest BCUT2D eigenvalue weighted by molar-refractivity contribution is 5.98. The summed E-state index contributed by atoms with van der Waals surface area (Å²) in [5, 5.41) is 27.0. The topological polar surface area (TPSA) is 180 Å². The van der Waals surface area contributed by atoms with Gasteiger partial charge in [-0.05, 0) is 88.4 Å². The standard InChI is InChI=1S/C36H35N9O7/c1-48-32-9-5-3-7-29(32)31(46)23-44-36(39-41-43-44)26-13-17-28(18-14-26)52-22-20-50-19-21-51-27-15-11-25(12-16-27)35-38-42-45(40-35)24-34(47)37-30-8-4-6-10-33(30)49-2/h3-18H,19-24H2,1-2H3,(H,37,47). The van der Waals surface area contributed by atoms with Crippen LogP contribution in [0.5, 0.6) is 23.0 Å². The highest BCUT2D eigenvalue weighted by atomic mass is 16.5. The molecule has 2 heterocycles. The molecule has 6 aromatic rings. The Bertz CT molecular complexity index is 2080. The van der Waals surface area contributed by atoms with E-state index in [0.717, 1.165) is 11.1 Å². The summed E-state index contributed by atoms with van der Waals surface area (Å²) in [5.74, 6) is 2.72. The van der Waals surface area contributed by atoms with Crippen LogP contribution in [-0.2, 0) is 22.6 Å². The Hall–Kier alpha value is -6.68. The smallest absolute Gasteiger partial charge is 0.248 e. The molecule has 0 spiro atoms. The van der Waals surface area contributed by atoms with E-state index in [1.165, 1.54) is 23.7 Å². The molecule has 2 aromatic heterocycles. The van der Waals surface area contributed by atoms with Gasteiger partial charge in [0.15, 0.2) is 11.6 Å². The lowest BCUT2D eigenvalue weighted by Crippen LogP contribution is -2.20. The zero-order valence-electron chi connectivity index (χ0n) is 28.4. The molecule has 1 N–H and O–H groups in total. The summed E-state index contributed by atoms with van der Waals surface area (Å²) >= 11 is 0. The van der Waals surface area contributed by atoms with Crippen LogP contribution in [-0.4, -0.2) is 92.8 Å². The number of ketones is 1. The number of hydrogen-bond acceptors (Lipinski definition) is 13. The number of ether oxygens (including phenoxy) is 5. The van der Waals surface area contributed by atoms with Crippen molar-refractivity contribution in [1.82, 2.24) is 40.4 Å². The Labute approximate surface area is 298 Å². The number of nitrogens with one attached hydrogen (secondary N) is 1. The Morgan fingerprint density at radius 3 is 2.00 bits per heavy atom. The highest BCUT2D eigenvalue weighted by Gasteiger charge is 2.17. The van der Waals surface area contributed by atoms with Gasteiger partial charge in [-0.25, -0.2) is 4.68 Å². The minimum Gasteiger partial charge on any atom is -0.496 e. The van der Waals surface area contributed by atoms with Gasteiger partial charge in [0.05, 0.1) is 38.7 Å². The molecule has 4 aromatic carbocycles. The van der Waals surface area contributed by atoms with Gasteiger partial charge in [-0.15, -0.1) is 15.3 Å². The number of carbonyl (C=O) groups is 2. The molecule has 0 aliphatic carbocycles. The zero-order valence-corrected chi connectivity index (χ0v) is 28.4. The van der Waals surface area contributed by atoms with Crippen LogP contribution < -0.4 is 24.3 Å². The van der Waals surface area contributed by atoms with E-state index in [-0.39, 0.29) is 24.8 Å². The van der Waals surface area contributed by atoms with E-state index in [4.69, 9.17) is 23.7 Å². The average Bonchev–Trinajstić information content (AvgIpc) is 3.85. The first-order valence-corrected chi connectivity index (χ1v) is 16.2. The van der Waals surface area contributed by atoms with Gasteiger partial charge in [0.25, 0.3) is 0 Å². The van der Waals surface area contributed by atoms with Crippen LogP contribution in [0.25, 0.3) is 22.8 Å². The molecule has 16 heteroatoms. The maximum atomic E-state index is 12.9. The number of Topliss-reactive ketones (excluding diaryl/α,β-unsaturated/α-hetero) is 1. The lowest BCUT2D eigenvalue weighted by Gasteiger charge is -2.10. The SMILES string of the molecule is COc1ccccc1NC(=O)Cn1nnc(-c2ccc(OCCOCCOc3ccc(-c4nnnn4CC(=O)c4ccccc4OC)cc3)cc2)n1. The van der Waals surface area contributed by atoms with E-state index >= 15 is 0 Å². The predicted molar refractivity (Wildman–Crippen MR) is 187 cm³/mol. The lowest BCUT2D eigenvalue weighted by molar-refractivity contribution is -0.117. The van der Waals surface area contributed by atoms with Crippen LogP contribution in [0.3, 0.4) is 0 Å². The average molecular weight is 706 g/mol. The van der Waals surface area contributed by atoms with Crippen molar-refractivity contribution in [3.05, 3.63) is 103 Å². The predicted octanol–water partition coefficient (Wildman–Crippen LogP) is 4.01. The van der Waals surface area contributed by atoms with Crippen molar-refractivity contribution in [2.24, 2.45) is 0 Å². The Morgan fingerprint density at radius 1 is 0.673 bits per heavy atom. The second-order valence-corrected chi connectivity index (χ2v) is 11.0. The number of benzene rings is 4. The summed E-state index contributed by atoms with van der Waals surface area (Å²) in [5.41, 5.74) is 2.48. The van der Waals surface area contributed by atoms with Gasteiger partial charge in [-0.1, -0.05) is 24.3 Å². The van der Waals surface area contributed by atoms with Crippen LogP contribution in [0.15, 0.2) is 97.1 Å². The van der Waals surface area contributed by atoms with E-state index in [0.29, 0.717) is 72.3 Å². The number of methoxy groups -OCH3 is 2. The minimum absolute atomic E-state index is 0.0374. The number of amides is 1. The number of para-hydroxylation sites is 3. The summed E-state index contributed by atoms with van der Waals surface area (Å²) < 4.78 is 29.2. The lowest BCUT2D eigenvalue weighted by atomic mass is 10.1. The van der Waals surface area contributed by atoms with Crippen molar-refractivity contribution in [3.63, 3.8) is 0 Å². The number of hydrogen-bond donors (Lipinski definition) is 1. The third-order valence-electron chi connectivity index (χ3n) is 7.57. The molecule has 0 aliphatic heterocycles. The molecule has 6 rings (SSSR count). The van der Waals surface area contributed by atoms with Crippen LogP contribution in [0, 0.1) is 0 Å². The molecule has 52 heavy (non-hydrogen) atoms. The number of anilines is 1. The van der Waals surface area contributed by atoms with Crippen molar-refractivity contribution in [2.75, 3.05) is 46.0 Å². The first kappa shape index (κ1) is 35.2. The fourth-order valence-electron chi connectivity index (χ4n) is 5.05. The summed E-state index contributed by atoms with van der Waals surface area (Å²) in [4.78, 5) is 26.6. The molecule has 0 fully saturated rings. The molecular formula is C36H35N9O7. The third-order valence-corrected chi connectivity index (χ3v) is 7.57. The molecule has 266 valence electrons. The molecule has 0 aliphatic rings. The molecule has 16 nitrogen and oxygen atoms in total. The van der Waals surface area contributed by atoms with Crippen molar-refractivity contribution < 1.29 is 33.3 Å². The summed E-state index contributed by atoms with van der Waals surface area (Å²) in [6, 6.07) is 28.6. The van der Waals surface area contributed by atoms with E-state index in [9.17, 15) is 9.59 Å². The second-order valence-electron chi connectivity index (χ2n) is 11.0. The van der Waals surface area contributed by atoms with Gasteiger partial charge in [0.1, 0.15) is 49.3 Å². The minimum atomic E-state index is -0.311. The fourth-order valence-corrected chi connectivity index (χ4v) is 5.05.